The fourth-order valence-corrected chi connectivity index (χ4v) is 6.30. The number of nitrogens with two attached hydrogens (primary N) is 1. The van der Waals surface area contributed by atoms with Crippen molar-refractivity contribution in [3.05, 3.63) is 23.7 Å². The van der Waals surface area contributed by atoms with Crippen molar-refractivity contribution in [3.63, 3.8) is 0 Å². The van der Waals surface area contributed by atoms with E-state index >= 15 is 0 Å². The maximum absolute atomic E-state index is 11.1. The number of carbonyl (C=O) groups excluding carboxylic acids is 1. The molecule has 0 bridgehead atoms. The molecular formula is C24H36N4O2S. The largest absolute Gasteiger partial charge is 0.444 e. The Bertz CT molecular complexity index is 867. The van der Waals surface area contributed by atoms with Gasteiger partial charge in [-0.05, 0) is 68.0 Å². The van der Waals surface area contributed by atoms with Gasteiger partial charge in [0.15, 0.2) is 0 Å². The van der Waals surface area contributed by atoms with Crippen LogP contribution in [-0.4, -0.2) is 54.3 Å². The molecule has 2 aliphatic rings. The van der Waals surface area contributed by atoms with Crippen LogP contribution in [0.5, 0.6) is 0 Å². The highest BCUT2D eigenvalue weighted by atomic mass is 32.1. The van der Waals surface area contributed by atoms with Crippen LogP contribution in [0.15, 0.2) is 23.7 Å². The van der Waals surface area contributed by atoms with E-state index in [0.717, 1.165) is 44.3 Å². The van der Waals surface area contributed by atoms with E-state index in [1.165, 1.54) is 48.7 Å². The number of fused-ring (bicyclic) bond motifs is 1. The van der Waals surface area contributed by atoms with E-state index in [1.807, 2.05) is 20.0 Å². The number of nitrogens with zero attached hydrogens (tertiary/aromatic N) is 3. The first-order valence-electron chi connectivity index (χ1n) is 11.7. The Morgan fingerprint density at radius 2 is 1.87 bits per heavy atom. The summed E-state index contributed by atoms with van der Waals surface area (Å²) < 4.78 is 6.59. The molecule has 2 N–H and O–H groups in total. The van der Waals surface area contributed by atoms with Crippen molar-refractivity contribution in [2.45, 2.75) is 58.0 Å². The zero-order chi connectivity index (χ0) is 21.8. The molecule has 0 aromatic carbocycles. The van der Waals surface area contributed by atoms with Crippen molar-refractivity contribution < 1.29 is 9.53 Å². The number of carbonyl (C=O) groups is 1. The van der Waals surface area contributed by atoms with Crippen LogP contribution in [0.25, 0.3) is 10.1 Å². The third kappa shape index (κ3) is 5.89. The van der Waals surface area contributed by atoms with Crippen LogP contribution in [0, 0.1) is 11.8 Å². The molecule has 0 atom stereocenters. The highest BCUT2D eigenvalue weighted by molar-refractivity contribution is 7.17. The third-order valence-electron chi connectivity index (χ3n) is 7.00. The molecule has 1 amide bonds. The summed E-state index contributed by atoms with van der Waals surface area (Å²) in [6.07, 6.45) is 8.54. The topological polar surface area (TPSA) is 71.7 Å². The van der Waals surface area contributed by atoms with Crippen LogP contribution < -0.4 is 10.6 Å². The Labute approximate surface area is 189 Å². The zero-order valence-corrected chi connectivity index (χ0v) is 19.7. The van der Waals surface area contributed by atoms with E-state index in [0.29, 0.717) is 5.92 Å². The van der Waals surface area contributed by atoms with Gasteiger partial charge in [-0.1, -0.05) is 25.7 Å². The first-order chi connectivity index (χ1) is 14.9. The minimum atomic E-state index is -0.665. The van der Waals surface area contributed by atoms with Crippen LogP contribution in [0.2, 0.25) is 0 Å². The number of rotatable bonds is 7. The van der Waals surface area contributed by atoms with Gasteiger partial charge >= 0.3 is 6.09 Å². The van der Waals surface area contributed by atoms with Gasteiger partial charge in [0.2, 0.25) is 0 Å². The lowest BCUT2D eigenvalue weighted by Gasteiger charge is -2.37. The predicted octanol–water partition coefficient (Wildman–Crippen LogP) is 4.88. The van der Waals surface area contributed by atoms with E-state index in [4.69, 9.17) is 10.5 Å². The molecule has 1 aliphatic carbocycles. The lowest BCUT2D eigenvalue weighted by atomic mass is 9.76. The summed E-state index contributed by atoms with van der Waals surface area (Å²) in [5.41, 5.74) is 4.75. The average molecular weight is 445 g/mol. The molecule has 4 rings (SSSR count). The third-order valence-corrected chi connectivity index (χ3v) is 7.92. The van der Waals surface area contributed by atoms with E-state index in [-0.39, 0.29) is 0 Å². The van der Waals surface area contributed by atoms with Gasteiger partial charge in [-0.3, -0.25) is 4.90 Å². The summed E-state index contributed by atoms with van der Waals surface area (Å²) in [4.78, 5) is 20.8. The zero-order valence-electron chi connectivity index (χ0n) is 18.9. The van der Waals surface area contributed by atoms with Crippen molar-refractivity contribution >= 4 is 33.3 Å². The number of hydrogen-bond acceptors (Lipinski definition) is 6. The van der Waals surface area contributed by atoms with E-state index in [2.05, 4.69) is 32.3 Å². The van der Waals surface area contributed by atoms with Crippen molar-refractivity contribution in [2.24, 2.45) is 17.6 Å². The SMILES string of the molecule is CC(C)(CC1CCC(CCN2CCN(c3nccc4ccsc34)CC2)CC1)OC(N)=O. The van der Waals surface area contributed by atoms with Gasteiger partial charge in [0.1, 0.15) is 11.4 Å². The molecule has 0 radical (unpaired) electrons. The number of anilines is 1. The number of piperazine rings is 1. The summed E-state index contributed by atoms with van der Waals surface area (Å²) in [7, 11) is 0. The Kier molecular flexibility index (Phi) is 7.02. The number of hydrogen-bond donors (Lipinski definition) is 1. The molecule has 170 valence electrons. The summed E-state index contributed by atoms with van der Waals surface area (Å²) in [6, 6.07) is 4.29. The smallest absolute Gasteiger partial charge is 0.405 e. The van der Waals surface area contributed by atoms with Crippen molar-refractivity contribution in [3.8, 4) is 0 Å². The highest BCUT2D eigenvalue weighted by Crippen LogP contribution is 2.36. The van der Waals surface area contributed by atoms with Gasteiger partial charge in [-0.25, -0.2) is 9.78 Å². The lowest BCUT2D eigenvalue weighted by molar-refractivity contribution is 0.0193. The molecule has 2 fully saturated rings. The number of pyridine rings is 1. The molecule has 0 unspecified atom stereocenters. The van der Waals surface area contributed by atoms with E-state index < -0.39 is 11.7 Å². The summed E-state index contributed by atoms with van der Waals surface area (Å²) in [6.45, 7) is 9.51. The first-order valence-corrected chi connectivity index (χ1v) is 12.6. The van der Waals surface area contributed by atoms with Crippen LogP contribution in [-0.2, 0) is 4.74 Å². The Hall–Kier alpha value is -1.86. The quantitative estimate of drug-likeness (QED) is 0.659. The number of amides is 1. The van der Waals surface area contributed by atoms with Gasteiger partial charge < -0.3 is 15.4 Å². The van der Waals surface area contributed by atoms with Gasteiger partial charge in [-0.15, -0.1) is 11.3 Å². The monoisotopic (exact) mass is 444 g/mol. The normalized spacial score (nSPS) is 23.2. The molecule has 1 saturated heterocycles. The Morgan fingerprint density at radius 3 is 2.58 bits per heavy atom. The molecule has 1 saturated carbocycles. The average Bonchev–Trinajstić information content (AvgIpc) is 3.21. The number of thiophene rings is 1. The van der Waals surface area contributed by atoms with Crippen LogP contribution in [0.1, 0.15) is 52.4 Å². The molecule has 0 spiro atoms. The van der Waals surface area contributed by atoms with Crippen LogP contribution in [0.4, 0.5) is 10.6 Å². The molecule has 7 heteroatoms. The second kappa shape index (κ2) is 9.74. The highest BCUT2D eigenvalue weighted by Gasteiger charge is 2.30. The summed E-state index contributed by atoms with van der Waals surface area (Å²) >= 11 is 1.80. The number of primary amides is 1. The maximum atomic E-state index is 11.1. The van der Waals surface area contributed by atoms with Crippen LogP contribution in [0.3, 0.4) is 0 Å². The maximum Gasteiger partial charge on any atom is 0.405 e. The predicted molar refractivity (Wildman–Crippen MR) is 128 cm³/mol. The van der Waals surface area contributed by atoms with Crippen molar-refractivity contribution in [1.82, 2.24) is 9.88 Å². The second-order valence-electron chi connectivity index (χ2n) is 9.86. The van der Waals surface area contributed by atoms with Crippen LogP contribution >= 0.6 is 11.3 Å². The molecule has 3 heterocycles. The standard InChI is InChI=1S/C24H36N4O2S/c1-24(2,30-23(25)29)17-19-5-3-18(4-6-19)8-11-27-12-14-28(15-13-27)22-21-20(7-10-26-22)9-16-31-21/h7,9-10,16,18-19H,3-6,8,11-15,17H2,1-2H3,(H2,25,29). The first kappa shape index (κ1) is 22.3. The fraction of sp³-hybridized carbons (Fsp3) is 0.667. The molecule has 6 nitrogen and oxygen atoms in total. The van der Waals surface area contributed by atoms with E-state index in [9.17, 15) is 4.79 Å². The second-order valence-corrected chi connectivity index (χ2v) is 10.8. The van der Waals surface area contributed by atoms with E-state index in [1.54, 1.807) is 11.3 Å². The molecule has 2 aromatic rings. The Morgan fingerprint density at radius 1 is 1.16 bits per heavy atom. The summed E-state index contributed by atoms with van der Waals surface area (Å²) in [5, 5.41) is 3.46. The van der Waals surface area contributed by atoms with Gasteiger partial charge in [0, 0.05) is 32.4 Å². The van der Waals surface area contributed by atoms with Gasteiger partial charge in [0.25, 0.3) is 0 Å². The minimum absolute atomic E-state index is 0.453. The molecule has 2 aromatic heterocycles. The number of aromatic nitrogens is 1. The van der Waals surface area contributed by atoms with Crippen molar-refractivity contribution in [1.29, 1.82) is 0 Å². The minimum Gasteiger partial charge on any atom is -0.444 e. The molecule has 31 heavy (non-hydrogen) atoms. The summed E-state index contributed by atoms with van der Waals surface area (Å²) in [5.74, 6) is 2.63. The Balaban J connectivity index is 1.17. The van der Waals surface area contributed by atoms with Gasteiger partial charge in [-0.2, -0.15) is 0 Å². The molecule has 1 aliphatic heterocycles. The molecular weight excluding hydrogens is 408 g/mol. The fourth-order valence-electron chi connectivity index (χ4n) is 5.39. The number of ether oxygens (including phenoxy) is 1. The van der Waals surface area contributed by atoms with Gasteiger partial charge in [0.05, 0.1) is 4.70 Å². The lowest BCUT2D eigenvalue weighted by Crippen LogP contribution is -2.47. The van der Waals surface area contributed by atoms with Crippen molar-refractivity contribution in [2.75, 3.05) is 37.6 Å².